The Kier molecular flexibility index (Phi) is 3.06. The predicted molar refractivity (Wildman–Crippen MR) is 57.6 cm³/mol. The Morgan fingerprint density at radius 2 is 2.00 bits per heavy atom. The minimum atomic E-state index is 0.632. The molecule has 0 aliphatic carbocycles. The molecular weight excluding hydrogens is 192 g/mol. The maximum absolute atomic E-state index is 5.36. The van der Waals surface area contributed by atoms with Crippen LogP contribution in [0.1, 0.15) is 11.3 Å². The second-order valence-electron chi connectivity index (χ2n) is 3.54. The number of pyridine rings is 1. The van der Waals surface area contributed by atoms with Crippen LogP contribution in [0.25, 0.3) is 0 Å². The number of nitrogens with zero attached hydrogens (tertiary/aromatic N) is 1. The van der Waals surface area contributed by atoms with Crippen molar-refractivity contribution in [1.29, 1.82) is 0 Å². The summed E-state index contributed by atoms with van der Waals surface area (Å²) in [5.41, 5.74) is 2.31. The standard InChI is InChI=1S/C11H16N2O2/c1-14-10-7-11(15-2)13-9-4-6-12-5-3-8(9)10/h7,12H,3-6H2,1-2H3. The third-order valence-corrected chi connectivity index (χ3v) is 2.66. The van der Waals surface area contributed by atoms with Crippen molar-refractivity contribution in [2.75, 3.05) is 27.3 Å². The number of aromatic nitrogens is 1. The van der Waals surface area contributed by atoms with Crippen LogP contribution in [-0.2, 0) is 12.8 Å². The van der Waals surface area contributed by atoms with Gasteiger partial charge in [-0.05, 0) is 13.0 Å². The van der Waals surface area contributed by atoms with E-state index in [1.54, 1.807) is 14.2 Å². The van der Waals surface area contributed by atoms with Gasteiger partial charge in [-0.15, -0.1) is 0 Å². The van der Waals surface area contributed by atoms with Crippen LogP contribution in [0.5, 0.6) is 11.6 Å². The third-order valence-electron chi connectivity index (χ3n) is 2.66. The van der Waals surface area contributed by atoms with Gasteiger partial charge < -0.3 is 14.8 Å². The number of rotatable bonds is 2. The van der Waals surface area contributed by atoms with Gasteiger partial charge in [0.25, 0.3) is 0 Å². The highest BCUT2D eigenvalue weighted by atomic mass is 16.5. The number of hydrogen-bond donors (Lipinski definition) is 1. The van der Waals surface area contributed by atoms with Crippen molar-refractivity contribution in [3.05, 3.63) is 17.3 Å². The Morgan fingerprint density at radius 1 is 1.20 bits per heavy atom. The molecule has 4 heteroatoms. The van der Waals surface area contributed by atoms with E-state index in [1.807, 2.05) is 6.07 Å². The van der Waals surface area contributed by atoms with E-state index in [-0.39, 0.29) is 0 Å². The monoisotopic (exact) mass is 208 g/mol. The van der Waals surface area contributed by atoms with Crippen molar-refractivity contribution in [3.63, 3.8) is 0 Å². The lowest BCUT2D eigenvalue weighted by atomic mass is 10.1. The molecule has 1 aliphatic heterocycles. The van der Waals surface area contributed by atoms with Crippen LogP contribution in [-0.4, -0.2) is 32.3 Å². The average molecular weight is 208 g/mol. The molecule has 0 radical (unpaired) electrons. The molecule has 82 valence electrons. The van der Waals surface area contributed by atoms with Crippen molar-refractivity contribution >= 4 is 0 Å². The first-order valence-corrected chi connectivity index (χ1v) is 5.16. The smallest absolute Gasteiger partial charge is 0.216 e. The third kappa shape index (κ3) is 2.04. The molecule has 0 bridgehead atoms. The fraction of sp³-hybridized carbons (Fsp3) is 0.545. The quantitative estimate of drug-likeness (QED) is 0.780. The summed E-state index contributed by atoms with van der Waals surface area (Å²) in [5.74, 6) is 1.52. The normalized spacial score (nSPS) is 15.3. The van der Waals surface area contributed by atoms with Crippen molar-refractivity contribution in [2.45, 2.75) is 12.8 Å². The number of hydrogen-bond acceptors (Lipinski definition) is 4. The zero-order valence-corrected chi connectivity index (χ0v) is 9.17. The van der Waals surface area contributed by atoms with E-state index in [2.05, 4.69) is 10.3 Å². The highest BCUT2D eigenvalue weighted by molar-refractivity contribution is 5.41. The summed E-state index contributed by atoms with van der Waals surface area (Å²) >= 11 is 0. The topological polar surface area (TPSA) is 43.4 Å². The van der Waals surface area contributed by atoms with Crippen molar-refractivity contribution in [1.82, 2.24) is 10.3 Å². The molecule has 1 aromatic heterocycles. The van der Waals surface area contributed by atoms with E-state index >= 15 is 0 Å². The Balaban J connectivity index is 2.45. The highest BCUT2D eigenvalue weighted by Crippen LogP contribution is 2.27. The second kappa shape index (κ2) is 4.49. The SMILES string of the molecule is COc1cc(OC)c2c(n1)CCNCC2. The summed E-state index contributed by atoms with van der Waals surface area (Å²) in [6.07, 6.45) is 1.90. The van der Waals surface area contributed by atoms with E-state index in [9.17, 15) is 0 Å². The fourth-order valence-corrected chi connectivity index (χ4v) is 1.88. The molecule has 15 heavy (non-hydrogen) atoms. The van der Waals surface area contributed by atoms with Crippen LogP contribution in [0.2, 0.25) is 0 Å². The fourth-order valence-electron chi connectivity index (χ4n) is 1.88. The Bertz CT molecular complexity index is 353. The van der Waals surface area contributed by atoms with Gasteiger partial charge in [0, 0.05) is 24.6 Å². The minimum absolute atomic E-state index is 0.632. The van der Waals surface area contributed by atoms with E-state index < -0.39 is 0 Å². The Labute approximate surface area is 89.6 Å². The predicted octanol–water partition coefficient (Wildman–Crippen LogP) is 0.787. The Morgan fingerprint density at radius 3 is 2.73 bits per heavy atom. The van der Waals surface area contributed by atoms with Gasteiger partial charge in [-0.1, -0.05) is 0 Å². The van der Waals surface area contributed by atoms with Gasteiger partial charge in [0.1, 0.15) is 5.75 Å². The zero-order chi connectivity index (χ0) is 10.7. The molecular formula is C11H16N2O2. The molecule has 0 spiro atoms. The largest absolute Gasteiger partial charge is 0.496 e. The lowest BCUT2D eigenvalue weighted by molar-refractivity contribution is 0.378. The summed E-state index contributed by atoms with van der Waals surface area (Å²) in [6.45, 7) is 1.95. The van der Waals surface area contributed by atoms with Gasteiger partial charge in [0.2, 0.25) is 5.88 Å². The van der Waals surface area contributed by atoms with Crippen molar-refractivity contribution in [2.24, 2.45) is 0 Å². The van der Waals surface area contributed by atoms with Crippen LogP contribution < -0.4 is 14.8 Å². The maximum Gasteiger partial charge on any atom is 0.216 e. The summed E-state index contributed by atoms with van der Waals surface area (Å²) < 4.78 is 10.5. The first-order valence-electron chi connectivity index (χ1n) is 5.16. The molecule has 0 saturated carbocycles. The van der Waals surface area contributed by atoms with Crippen LogP contribution in [0.15, 0.2) is 6.07 Å². The number of fused-ring (bicyclic) bond motifs is 1. The molecule has 0 unspecified atom stereocenters. The van der Waals surface area contributed by atoms with Gasteiger partial charge >= 0.3 is 0 Å². The summed E-state index contributed by atoms with van der Waals surface area (Å²) in [7, 11) is 3.32. The molecule has 0 saturated heterocycles. The molecule has 1 aliphatic rings. The lowest BCUT2D eigenvalue weighted by Crippen LogP contribution is -2.16. The molecule has 0 fully saturated rings. The van der Waals surface area contributed by atoms with E-state index in [1.165, 1.54) is 5.56 Å². The molecule has 0 aromatic carbocycles. The van der Waals surface area contributed by atoms with E-state index in [0.717, 1.165) is 37.4 Å². The van der Waals surface area contributed by atoms with Gasteiger partial charge in [0.05, 0.1) is 19.9 Å². The van der Waals surface area contributed by atoms with E-state index in [0.29, 0.717) is 5.88 Å². The minimum Gasteiger partial charge on any atom is -0.496 e. The molecule has 1 aromatic rings. The Hall–Kier alpha value is -1.29. The molecule has 4 nitrogen and oxygen atoms in total. The number of nitrogens with one attached hydrogen (secondary N) is 1. The molecule has 2 rings (SSSR count). The highest BCUT2D eigenvalue weighted by Gasteiger charge is 2.15. The maximum atomic E-state index is 5.36. The van der Waals surface area contributed by atoms with Crippen LogP contribution in [0, 0.1) is 0 Å². The lowest BCUT2D eigenvalue weighted by Gasteiger charge is -2.11. The molecule has 0 atom stereocenters. The molecule has 0 amide bonds. The van der Waals surface area contributed by atoms with Crippen LogP contribution in [0.3, 0.4) is 0 Å². The second-order valence-corrected chi connectivity index (χ2v) is 3.54. The van der Waals surface area contributed by atoms with Crippen LogP contribution in [0.4, 0.5) is 0 Å². The summed E-state index contributed by atoms with van der Waals surface area (Å²) in [6, 6.07) is 1.85. The van der Waals surface area contributed by atoms with Crippen LogP contribution >= 0.6 is 0 Å². The first kappa shape index (κ1) is 10.2. The zero-order valence-electron chi connectivity index (χ0n) is 9.17. The number of methoxy groups -OCH3 is 2. The molecule has 1 N–H and O–H groups in total. The van der Waals surface area contributed by atoms with E-state index in [4.69, 9.17) is 9.47 Å². The number of ether oxygens (including phenoxy) is 2. The first-order chi connectivity index (χ1) is 7.35. The van der Waals surface area contributed by atoms with Gasteiger partial charge in [0.15, 0.2) is 0 Å². The average Bonchev–Trinajstić information content (AvgIpc) is 2.52. The summed E-state index contributed by atoms with van der Waals surface area (Å²) in [5, 5.41) is 3.35. The van der Waals surface area contributed by atoms with Gasteiger partial charge in [-0.25, -0.2) is 4.98 Å². The summed E-state index contributed by atoms with van der Waals surface area (Å²) in [4.78, 5) is 4.46. The molecule has 2 heterocycles. The van der Waals surface area contributed by atoms with Crippen molar-refractivity contribution < 1.29 is 9.47 Å². The van der Waals surface area contributed by atoms with Gasteiger partial charge in [-0.2, -0.15) is 0 Å². The van der Waals surface area contributed by atoms with Gasteiger partial charge in [-0.3, -0.25) is 0 Å². The van der Waals surface area contributed by atoms with Crippen molar-refractivity contribution in [3.8, 4) is 11.6 Å².